The molecule has 0 spiro atoms. The molecule has 0 atom stereocenters. The molecule has 2 rings (SSSR count). The van der Waals surface area contributed by atoms with Crippen LogP contribution < -0.4 is 5.32 Å². The van der Waals surface area contributed by atoms with Crippen LogP contribution in [-0.2, 0) is 4.79 Å². The van der Waals surface area contributed by atoms with Crippen molar-refractivity contribution in [2.75, 3.05) is 5.32 Å². The Kier molecular flexibility index (Phi) is 5.13. The first-order valence-electron chi connectivity index (χ1n) is 7.13. The summed E-state index contributed by atoms with van der Waals surface area (Å²) in [5.41, 5.74) is 1.39. The Hall–Kier alpha value is -1.64. The van der Waals surface area contributed by atoms with Gasteiger partial charge >= 0.3 is 0 Å². The van der Waals surface area contributed by atoms with Crippen molar-refractivity contribution in [3.05, 3.63) is 29.8 Å². The van der Waals surface area contributed by atoms with Gasteiger partial charge in [-0.05, 0) is 36.6 Å². The monoisotopic (exact) mass is 259 g/mol. The number of amides is 1. The quantitative estimate of drug-likeness (QED) is 0.817. The first-order valence-corrected chi connectivity index (χ1v) is 7.13. The minimum Gasteiger partial charge on any atom is -0.326 e. The molecule has 1 saturated carbocycles. The fourth-order valence-electron chi connectivity index (χ4n) is 2.68. The Morgan fingerprint density at radius 2 is 1.84 bits per heavy atom. The maximum Gasteiger partial charge on any atom is 0.224 e. The van der Waals surface area contributed by atoms with Crippen molar-refractivity contribution in [3.8, 4) is 0 Å². The molecule has 1 aliphatic rings. The van der Waals surface area contributed by atoms with E-state index in [-0.39, 0.29) is 5.91 Å². The van der Waals surface area contributed by atoms with E-state index in [1.807, 2.05) is 0 Å². The van der Waals surface area contributed by atoms with Crippen molar-refractivity contribution in [2.45, 2.75) is 44.9 Å². The van der Waals surface area contributed by atoms with Crippen molar-refractivity contribution in [1.29, 1.82) is 0 Å². The lowest BCUT2D eigenvalue weighted by Crippen LogP contribution is -2.14. The van der Waals surface area contributed by atoms with Crippen LogP contribution in [0.15, 0.2) is 24.3 Å². The molecule has 1 aliphatic carbocycles. The minimum absolute atomic E-state index is 0.0735. The van der Waals surface area contributed by atoms with Gasteiger partial charge in [-0.25, -0.2) is 0 Å². The van der Waals surface area contributed by atoms with Crippen LogP contribution in [0.5, 0.6) is 0 Å². The van der Waals surface area contributed by atoms with Crippen LogP contribution in [0.3, 0.4) is 0 Å². The average molecular weight is 259 g/mol. The summed E-state index contributed by atoms with van der Waals surface area (Å²) in [7, 11) is 0. The summed E-state index contributed by atoms with van der Waals surface area (Å²) < 4.78 is 0. The predicted octanol–water partition coefficient (Wildman–Crippen LogP) is 3.80. The molecule has 1 amide bonds. The molecule has 1 aromatic rings. The smallest absolute Gasteiger partial charge is 0.224 e. The van der Waals surface area contributed by atoms with Crippen LogP contribution in [0.1, 0.15) is 55.3 Å². The van der Waals surface area contributed by atoms with Crippen molar-refractivity contribution >= 4 is 17.9 Å². The number of carbonyl (C=O) groups excluding carboxylic acids is 2. The molecule has 0 aromatic heterocycles. The lowest BCUT2D eigenvalue weighted by molar-refractivity contribution is -0.116. The Balaban J connectivity index is 1.75. The van der Waals surface area contributed by atoms with Crippen molar-refractivity contribution in [2.24, 2.45) is 5.92 Å². The highest BCUT2D eigenvalue weighted by Gasteiger charge is 2.14. The number of hydrogen-bond donors (Lipinski definition) is 1. The molecule has 19 heavy (non-hydrogen) atoms. The zero-order chi connectivity index (χ0) is 13.5. The molecule has 0 heterocycles. The van der Waals surface area contributed by atoms with Gasteiger partial charge in [0.1, 0.15) is 6.29 Å². The van der Waals surface area contributed by atoms with Crippen LogP contribution in [-0.4, -0.2) is 12.2 Å². The molecule has 0 bridgehead atoms. The lowest BCUT2D eigenvalue weighted by Gasteiger charge is -2.20. The number of anilines is 1. The second-order valence-corrected chi connectivity index (χ2v) is 5.33. The van der Waals surface area contributed by atoms with Gasteiger partial charge in [-0.2, -0.15) is 0 Å². The van der Waals surface area contributed by atoms with Gasteiger partial charge in [0, 0.05) is 17.7 Å². The number of hydrogen-bond acceptors (Lipinski definition) is 2. The van der Waals surface area contributed by atoms with E-state index >= 15 is 0 Å². The fraction of sp³-hybridized carbons (Fsp3) is 0.500. The Labute approximate surface area is 114 Å². The molecule has 3 heteroatoms. The van der Waals surface area contributed by atoms with Gasteiger partial charge in [-0.15, -0.1) is 0 Å². The van der Waals surface area contributed by atoms with Crippen molar-refractivity contribution in [3.63, 3.8) is 0 Å². The first-order chi connectivity index (χ1) is 9.28. The van der Waals surface area contributed by atoms with Crippen LogP contribution in [0.4, 0.5) is 5.69 Å². The summed E-state index contributed by atoms with van der Waals surface area (Å²) >= 11 is 0. The van der Waals surface area contributed by atoms with Gasteiger partial charge in [0.25, 0.3) is 0 Å². The normalized spacial score (nSPS) is 16.0. The van der Waals surface area contributed by atoms with Gasteiger partial charge in [-0.3, -0.25) is 9.59 Å². The van der Waals surface area contributed by atoms with Gasteiger partial charge in [0.2, 0.25) is 5.91 Å². The minimum atomic E-state index is 0.0735. The van der Waals surface area contributed by atoms with Gasteiger partial charge < -0.3 is 5.32 Å². The summed E-state index contributed by atoms with van der Waals surface area (Å²) in [6, 6.07) is 6.96. The van der Waals surface area contributed by atoms with E-state index in [1.165, 1.54) is 32.1 Å². The van der Waals surface area contributed by atoms with Gasteiger partial charge in [0.15, 0.2) is 0 Å². The van der Waals surface area contributed by atoms with Crippen LogP contribution in [0.2, 0.25) is 0 Å². The van der Waals surface area contributed by atoms with E-state index in [4.69, 9.17) is 0 Å². The second-order valence-electron chi connectivity index (χ2n) is 5.33. The first kappa shape index (κ1) is 13.8. The zero-order valence-electron chi connectivity index (χ0n) is 11.2. The summed E-state index contributed by atoms with van der Waals surface area (Å²) in [4.78, 5) is 22.4. The molecular formula is C16H21NO2. The topological polar surface area (TPSA) is 46.2 Å². The number of benzene rings is 1. The molecule has 1 aromatic carbocycles. The second kappa shape index (κ2) is 7.07. The highest BCUT2D eigenvalue weighted by atomic mass is 16.1. The zero-order valence-corrected chi connectivity index (χ0v) is 11.2. The third kappa shape index (κ3) is 4.51. The van der Waals surface area contributed by atoms with E-state index in [1.54, 1.807) is 24.3 Å². The summed E-state index contributed by atoms with van der Waals surface area (Å²) in [6.07, 6.45) is 8.94. The molecule has 1 N–H and O–H groups in total. The molecule has 1 fully saturated rings. The fourth-order valence-corrected chi connectivity index (χ4v) is 2.68. The van der Waals surface area contributed by atoms with Gasteiger partial charge in [0.05, 0.1) is 0 Å². The molecule has 0 aliphatic heterocycles. The van der Waals surface area contributed by atoms with Crippen molar-refractivity contribution in [1.82, 2.24) is 0 Å². The predicted molar refractivity (Wildman–Crippen MR) is 76.3 cm³/mol. The SMILES string of the molecule is O=Cc1ccc(NC(=O)CCC2CCCCC2)cc1. The summed E-state index contributed by atoms with van der Waals surface area (Å²) in [6.45, 7) is 0. The highest BCUT2D eigenvalue weighted by Crippen LogP contribution is 2.27. The number of nitrogens with one attached hydrogen (secondary N) is 1. The Bertz CT molecular complexity index is 419. The van der Waals surface area contributed by atoms with Crippen molar-refractivity contribution < 1.29 is 9.59 Å². The third-order valence-corrected chi connectivity index (χ3v) is 3.83. The largest absolute Gasteiger partial charge is 0.326 e. The van der Waals surface area contributed by atoms with Crippen LogP contribution >= 0.6 is 0 Å². The molecule has 0 radical (unpaired) electrons. The van der Waals surface area contributed by atoms with E-state index < -0.39 is 0 Å². The molecule has 102 valence electrons. The number of carbonyl (C=O) groups is 2. The summed E-state index contributed by atoms with van der Waals surface area (Å²) in [5.74, 6) is 0.807. The van der Waals surface area contributed by atoms with Crippen LogP contribution in [0.25, 0.3) is 0 Å². The van der Waals surface area contributed by atoms with Gasteiger partial charge in [-0.1, -0.05) is 32.1 Å². The van der Waals surface area contributed by atoms with Crippen LogP contribution in [0, 0.1) is 5.92 Å². The third-order valence-electron chi connectivity index (χ3n) is 3.83. The van der Waals surface area contributed by atoms with E-state index in [0.29, 0.717) is 12.0 Å². The maximum absolute atomic E-state index is 11.8. The maximum atomic E-state index is 11.8. The number of aldehydes is 1. The highest BCUT2D eigenvalue weighted by molar-refractivity contribution is 5.91. The Morgan fingerprint density at radius 1 is 1.16 bits per heavy atom. The number of rotatable bonds is 5. The van der Waals surface area contributed by atoms with E-state index in [0.717, 1.165) is 24.3 Å². The Morgan fingerprint density at radius 3 is 2.47 bits per heavy atom. The van der Waals surface area contributed by atoms with E-state index in [2.05, 4.69) is 5.32 Å². The molecule has 0 unspecified atom stereocenters. The van der Waals surface area contributed by atoms with E-state index in [9.17, 15) is 9.59 Å². The molecule has 0 saturated heterocycles. The lowest BCUT2D eigenvalue weighted by atomic mass is 9.86. The molecular weight excluding hydrogens is 238 g/mol. The average Bonchev–Trinajstić information content (AvgIpc) is 2.47. The molecule has 3 nitrogen and oxygen atoms in total. The summed E-state index contributed by atoms with van der Waals surface area (Å²) in [5, 5.41) is 2.88. The standard InChI is InChI=1S/C16H21NO2/c18-12-14-6-9-15(10-7-14)17-16(19)11-8-13-4-2-1-3-5-13/h6-7,9-10,12-13H,1-5,8,11H2,(H,17,19).